The molecule has 0 aromatic heterocycles. The van der Waals surface area contributed by atoms with Crippen molar-refractivity contribution in [2.45, 2.75) is 33.6 Å². The Hall–Kier alpha value is -1.06. The first-order valence-corrected chi connectivity index (χ1v) is 7.57. The number of benzene rings is 1. The summed E-state index contributed by atoms with van der Waals surface area (Å²) in [6, 6.07) is 7.68. The van der Waals surface area contributed by atoms with Crippen molar-refractivity contribution < 1.29 is 4.79 Å². The number of carbonyl (C=O) groups is 1. The van der Waals surface area contributed by atoms with Gasteiger partial charge in [0.15, 0.2) is 0 Å². The Morgan fingerprint density at radius 2 is 2.00 bits per heavy atom. The van der Waals surface area contributed by atoms with Gasteiger partial charge in [0.1, 0.15) is 0 Å². The smallest absolute Gasteiger partial charge is 0.226 e. The Kier molecular flexibility index (Phi) is 7.03. The van der Waals surface area contributed by atoms with Crippen molar-refractivity contribution >= 4 is 17.5 Å². The maximum atomic E-state index is 12.2. The third kappa shape index (κ3) is 5.93. The van der Waals surface area contributed by atoms with Crippen molar-refractivity contribution in [1.29, 1.82) is 0 Å². The first kappa shape index (κ1) is 17.0. The molecule has 0 bridgehead atoms. The molecule has 0 spiro atoms. The van der Waals surface area contributed by atoms with Crippen LogP contribution in [0.25, 0.3) is 0 Å². The van der Waals surface area contributed by atoms with Gasteiger partial charge < -0.3 is 10.6 Å². The summed E-state index contributed by atoms with van der Waals surface area (Å²) in [6.45, 7) is 8.51. The standard InChI is InChI=1S/C16H25ClN2O/c1-4-8-18-9-10-19-15(20)16(2,3)12-13-6-5-7-14(17)11-13/h5-7,11,18H,4,8-10,12H2,1-3H3,(H,19,20). The molecule has 3 nitrogen and oxygen atoms in total. The second kappa shape index (κ2) is 8.28. The first-order chi connectivity index (χ1) is 9.45. The molecule has 0 atom stereocenters. The van der Waals surface area contributed by atoms with Crippen LogP contribution in [0, 0.1) is 5.41 Å². The van der Waals surface area contributed by atoms with Crippen LogP contribution in [0.4, 0.5) is 0 Å². The lowest BCUT2D eigenvalue weighted by atomic mass is 9.85. The second-order valence-electron chi connectivity index (χ2n) is 5.70. The Labute approximate surface area is 127 Å². The summed E-state index contributed by atoms with van der Waals surface area (Å²) in [7, 11) is 0. The van der Waals surface area contributed by atoms with Gasteiger partial charge in [0.2, 0.25) is 5.91 Å². The minimum absolute atomic E-state index is 0.0794. The van der Waals surface area contributed by atoms with Crippen molar-refractivity contribution in [2.24, 2.45) is 5.41 Å². The van der Waals surface area contributed by atoms with Gasteiger partial charge in [0.05, 0.1) is 0 Å². The average Bonchev–Trinajstić information content (AvgIpc) is 2.37. The van der Waals surface area contributed by atoms with Gasteiger partial charge in [0.25, 0.3) is 0 Å². The summed E-state index contributed by atoms with van der Waals surface area (Å²) in [4.78, 5) is 12.2. The third-order valence-electron chi connectivity index (χ3n) is 3.16. The zero-order chi connectivity index (χ0) is 15.0. The zero-order valence-corrected chi connectivity index (χ0v) is 13.4. The van der Waals surface area contributed by atoms with Crippen LogP contribution in [0.5, 0.6) is 0 Å². The minimum atomic E-state index is -0.435. The van der Waals surface area contributed by atoms with E-state index in [1.165, 1.54) is 0 Å². The summed E-state index contributed by atoms with van der Waals surface area (Å²) in [5.41, 5.74) is 0.650. The lowest BCUT2D eigenvalue weighted by Crippen LogP contribution is -2.41. The van der Waals surface area contributed by atoms with E-state index < -0.39 is 5.41 Å². The van der Waals surface area contributed by atoms with E-state index in [0.717, 1.165) is 25.1 Å². The van der Waals surface area contributed by atoms with Crippen molar-refractivity contribution in [1.82, 2.24) is 10.6 Å². The fraction of sp³-hybridized carbons (Fsp3) is 0.562. The molecule has 20 heavy (non-hydrogen) atoms. The van der Waals surface area contributed by atoms with Crippen LogP contribution in [-0.2, 0) is 11.2 Å². The monoisotopic (exact) mass is 296 g/mol. The predicted molar refractivity (Wildman–Crippen MR) is 85.1 cm³/mol. The molecule has 112 valence electrons. The molecule has 2 N–H and O–H groups in total. The highest BCUT2D eigenvalue weighted by molar-refractivity contribution is 6.30. The SMILES string of the molecule is CCCNCCNC(=O)C(C)(C)Cc1cccc(Cl)c1. The quantitative estimate of drug-likeness (QED) is 0.724. The molecule has 0 fully saturated rings. The van der Waals surface area contributed by atoms with Gasteiger partial charge in [-0.3, -0.25) is 4.79 Å². The molecular weight excluding hydrogens is 272 g/mol. The molecule has 1 amide bonds. The third-order valence-corrected chi connectivity index (χ3v) is 3.40. The summed E-state index contributed by atoms with van der Waals surface area (Å²) in [5.74, 6) is 0.0794. The predicted octanol–water partition coefficient (Wildman–Crippen LogP) is 3.02. The lowest BCUT2D eigenvalue weighted by Gasteiger charge is -2.24. The van der Waals surface area contributed by atoms with Gasteiger partial charge in [-0.25, -0.2) is 0 Å². The molecule has 1 aromatic rings. The molecule has 0 aliphatic carbocycles. The van der Waals surface area contributed by atoms with Gasteiger partial charge in [-0.2, -0.15) is 0 Å². The fourth-order valence-corrected chi connectivity index (χ4v) is 2.26. The molecule has 1 aromatic carbocycles. The van der Waals surface area contributed by atoms with Crippen molar-refractivity contribution in [2.75, 3.05) is 19.6 Å². The van der Waals surface area contributed by atoms with Crippen LogP contribution >= 0.6 is 11.6 Å². The van der Waals surface area contributed by atoms with Crippen molar-refractivity contribution in [3.63, 3.8) is 0 Å². The molecule has 0 unspecified atom stereocenters. The number of carbonyl (C=O) groups excluding carboxylic acids is 1. The molecule has 0 aliphatic heterocycles. The summed E-state index contributed by atoms with van der Waals surface area (Å²) in [6.07, 6.45) is 1.79. The maximum Gasteiger partial charge on any atom is 0.226 e. The van der Waals surface area contributed by atoms with Gasteiger partial charge in [0, 0.05) is 23.5 Å². The number of halogens is 1. The number of hydrogen-bond donors (Lipinski definition) is 2. The van der Waals surface area contributed by atoms with E-state index in [-0.39, 0.29) is 5.91 Å². The first-order valence-electron chi connectivity index (χ1n) is 7.19. The molecule has 4 heteroatoms. The van der Waals surface area contributed by atoms with Gasteiger partial charge in [-0.15, -0.1) is 0 Å². The van der Waals surface area contributed by atoms with E-state index in [2.05, 4.69) is 17.6 Å². The van der Waals surface area contributed by atoms with E-state index in [4.69, 9.17) is 11.6 Å². The normalized spacial score (nSPS) is 11.4. The Morgan fingerprint density at radius 3 is 2.65 bits per heavy atom. The van der Waals surface area contributed by atoms with Crippen molar-refractivity contribution in [3.8, 4) is 0 Å². The molecular formula is C16H25ClN2O. The Morgan fingerprint density at radius 1 is 1.25 bits per heavy atom. The summed E-state index contributed by atoms with van der Waals surface area (Å²) >= 11 is 5.98. The van der Waals surface area contributed by atoms with Gasteiger partial charge >= 0.3 is 0 Å². The largest absolute Gasteiger partial charge is 0.354 e. The second-order valence-corrected chi connectivity index (χ2v) is 6.13. The molecule has 1 rings (SSSR count). The summed E-state index contributed by atoms with van der Waals surface area (Å²) in [5, 5.41) is 6.96. The summed E-state index contributed by atoms with van der Waals surface area (Å²) < 4.78 is 0. The fourth-order valence-electron chi connectivity index (χ4n) is 2.04. The van der Waals surface area contributed by atoms with Crippen LogP contribution < -0.4 is 10.6 Å². The van der Waals surface area contributed by atoms with Crippen LogP contribution in [0.15, 0.2) is 24.3 Å². The highest BCUT2D eigenvalue weighted by atomic mass is 35.5. The van der Waals surface area contributed by atoms with E-state index in [1.54, 1.807) is 0 Å². The highest BCUT2D eigenvalue weighted by Gasteiger charge is 2.27. The number of hydrogen-bond acceptors (Lipinski definition) is 2. The average molecular weight is 297 g/mol. The molecule has 0 heterocycles. The maximum absolute atomic E-state index is 12.2. The van der Waals surface area contributed by atoms with E-state index in [9.17, 15) is 4.79 Å². The topological polar surface area (TPSA) is 41.1 Å². The van der Waals surface area contributed by atoms with Crippen LogP contribution in [-0.4, -0.2) is 25.5 Å². The molecule has 0 radical (unpaired) electrons. The van der Waals surface area contributed by atoms with Gasteiger partial charge in [-0.05, 0) is 37.1 Å². The number of nitrogens with one attached hydrogen (secondary N) is 2. The van der Waals surface area contributed by atoms with E-state index >= 15 is 0 Å². The molecule has 0 saturated carbocycles. The van der Waals surface area contributed by atoms with Gasteiger partial charge in [-0.1, -0.05) is 44.5 Å². The lowest BCUT2D eigenvalue weighted by molar-refractivity contribution is -0.129. The van der Waals surface area contributed by atoms with E-state index in [0.29, 0.717) is 18.0 Å². The van der Waals surface area contributed by atoms with Crippen LogP contribution in [0.2, 0.25) is 5.02 Å². The highest BCUT2D eigenvalue weighted by Crippen LogP contribution is 2.23. The Balaban J connectivity index is 2.44. The molecule has 0 aliphatic rings. The number of rotatable bonds is 8. The zero-order valence-electron chi connectivity index (χ0n) is 12.6. The van der Waals surface area contributed by atoms with Crippen molar-refractivity contribution in [3.05, 3.63) is 34.9 Å². The molecule has 0 saturated heterocycles. The number of amides is 1. The Bertz CT molecular complexity index is 432. The van der Waals surface area contributed by atoms with Crippen LogP contribution in [0.3, 0.4) is 0 Å². The van der Waals surface area contributed by atoms with Crippen LogP contribution in [0.1, 0.15) is 32.8 Å². The minimum Gasteiger partial charge on any atom is -0.354 e. The van der Waals surface area contributed by atoms with E-state index in [1.807, 2.05) is 38.1 Å².